The largest absolute Gasteiger partial charge is 0.315 e. The van der Waals surface area contributed by atoms with Crippen LogP contribution in [0.2, 0.25) is 5.02 Å². The fourth-order valence-corrected chi connectivity index (χ4v) is 2.08. The Morgan fingerprint density at radius 2 is 2.19 bits per heavy atom. The Labute approximate surface area is 102 Å². The maximum Gasteiger partial charge on any atom is 0.0624 e. The number of halogens is 1. The predicted molar refractivity (Wildman–Crippen MR) is 69.6 cm³/mol. The van der Waals surface area contributed by atoms with Gasteiger partial charge in [-0.3, -0.25) is 4.99 Å². The van der Waals surface area contributed by atoms with Crippen LogP contribution in [0, 0.1) is 0 Å². The molecule has 86 valence electrons. The summed E-state index contributed by atoms with van der Waals surface area (Å²) in [7, 11) is 0. The van der Waals surface area contributed by atoms with Crippen LogP contribution >= 0.6 is 11.6 Å². The van der Waals surface area contributed by atoms with E-state index in [9.17, 15) is 0 Å². The smallest absolute Gasteiger partial charge is 0.0624 e. The van der Waals surface area contributed by atoms with Crippen LogP contribution in [0.4, 0.5) is 0 Å². The first-order valence-electron chi connectivity index (χ1n) is 5.85. The molecule has 2 nitrogen and oxygen atoms in total. The molecule has 1 aliphatic rings. The minimum atomic E-state index is 0.402. The van der Waals surface area contributed by atoms with Crippen molar-refractivity contribution >= 4 is 17.8 Å². The first-order chi connectivity index (χ1) is 7.86. The second-order valence-corrected chi connectivity index (χ2v) is 4.56. The third kappa shape index (κ3) is 3.32. The number of benzene rings is 1. The molecule has 1 aromatic rings. The van der Waals surface area contributed by atoms with Gasteiger partial charge in [-0.1, -0.05) is 36.2 Å². The van der Waals surface area contributed by atoms with Crippen molar-refractivity contribution in [3.05, 3.63) is 34.9 Å². The molecule has 1 aromatic carbocycles. The second kappa shape index (κ2) is 6.02. The summed E-state index contributed by atoms with van der Waals surface area (Å²) in [6, 6.07) is 8.22. The maximum absolute atomic E-state index is 6.07. The van der Waals surface area contributed by atoms with E-state index in [1.807, 2.05) is 30.5 Å². The van der Waals surface area contributed by atoms with Gasteiger partial charge in [-0.25, -0.2) is 0 Å². The fourth-order valence-electron chi connectivity index (χ4n) is 1.89. The molecule has 16 heavy (non-hydrogen) atoms. The highest BCUT2D eigenvalue weighted by Gasteiger charge is 2.09. The molecule has 0 bridgehead atoms. The summed E-state index contributed by atoms with van der Waals surface area (Å²) in [5.74, 6) is 0. The molecule has 0 radical (unpaired) electrons. The quantitative estimate of drug-likeness (QED) is 0.785. The first-order valence-corrected chi connectivity index (χ1v) is 6.22. The van der Waals surface area contributed by atoms with E-state index in [1.54, 1.807) is 0 Å². The van der Waals surface area contributed by atoms with Gasteiger partial charge in [-0.2, -0.15) is 0 Å². The van der Waals surface area contributed by atoms with Gasteiger partial charge in [0, 0.05) is 23.3 Å². The topological polar surface area (TPSA) is 24.4 Å². The van der Waals surface area contributed by atoms with Crippen molar-refractivity contribution in [3.8, 4) is 0 Å². The molecule has 0 saturated carbocycles. The van der Waals surface area contributed by atoms with E-state index in [0.29, 0.717) is 6.04 Å². The minimum absolute atomic E-state index is 0.402. The molecular weight excluding hydrogens is 220 g/mol. The van der Waals surface area contributed by atoms with Crippen molar-refractivity contribution in [3.63, 3.8) is 0 Å². The second-order valence-electron chi connectivity index (χ2n) is 4.15. The number of nitrogens with one attached hydrogen (secondary N) is 1. The molecule has 1 heterocycles. The normalized spacial score (nSPS) is 22.2. The van der Waals surface area contributed by atoms with Crippen molar-refractivity contribution in [1.82, 2.24) is 5.32 Å². The minimum Gasteiger partial charge on any atom is -0.315 e. The lowest BCUT2D eigenvalue weighted by atomic mass is 10.1. The Balaban J connectivity index is 2.00. The molecule has 1 fully saturated rings. The molecule has 0 aromatic heterocycles. The van der Waals surface area contributed by atoms with Crippen molar-refractivity contribution < 1.29 is 0 Å². The van der Waals surface area contributed by atoms with E-state index in [2.05, 4.69) is 10.3 Å². The number of hydrogen-bond donors (Lipinski definition) is 1. The highest BCUT2D eigenvalue weighted by atomic mass is 35.5. The zero-order valence-electron chi connectivity index (χ0n) is 9.32. The van der Waals surface area contributed by atoms with E-state index < -0.39 is 0 Å². The van der Waals surface area contributed by atoms with Gasteiger partial charge in [0.1, 0.15) is 0 Å². The van der Waals surface area contributed by atoms with E-state index in [-0.39, 0.29) is 0 Å². The molecule has 0 amide bonds. The van der Waals surface area contributed by atoms with Gasteiger partial charge < -0.3 is 5.32 Å². The van der Waals surface area contributed by atoms with Crippen LogP contribution in [0.3, 0.4) is 0 Å². The molecule has 2 rings (SSSR count). The summed E-state index contributed by atoms with van der Waals surface area (Å²) in [4.78, 5) is 4.60. The van der Waals surface area contributed by atoms with Gasteiger partial charge in [0.05, 0.1) is 6.04 Å². The summed E-state index contributed by atoms with van der Waals surface area (Å²) in [6.45, 7) is 2.11. The highest BCUT2D eigenvalue weighted by Crippen LogP contribution is 2.13. The number of rotatable bonds is 2. The van der Waals surface area contributed by atoms with Crippen LogP contribution in [0.5, 0.6) is 0 Å². The molecular formula is C13H17ClN2. The molecule has 0 unspecified atom stereocenters. The number of hydrogen-bond acceptors (Lipinski definition) is 2. The first kappa shape index (κ1) is 11.6. The standard InChI is InChI=1S/C13H17ClN2/c14-13-7-2-1-5-11(13)9-16-12-6-3-4-8-15-10-12/h1-2,5,7,9,12,15H,3-4,6,8,10H2/t12-/m1/s1. The Morgan fingerprint density at radius 3 is 3.06 bits per heavy atom. The van der Waals surface area contributed by atoms with Crippen molar-refractivity contribution in [2.45, 2.75) is 25.3 Å². The van der Waals surface area contributed by atoms with E-state index in [4.69, 9.17) is 11.6 Å². The number of aliphatic imine (C=N–C) groups is 1. The van der Waals surface area contributed by atoms with Gasteiger partial charge >= 0.3 is 0 Å². The van der Waals surface area contributed by atoms with Crippen LogP contribution in [0.15, 0.2) is 29.3 Å². The van der Waals surface area contributed by atoms with Gasteiger partial charge in [0.25, 0.3) is 0 Å². The van der Waals surface area contributed by atoms with Crippen LogP contribution in [0.1, 0.15) is 24.8 Å². The van der Waals surface area contributed by atoms with Crippen LogP contribution in [0.25, 0.3) is 0 Å². The summed E-state index contributed by atoms with van der Waals surface area (Å²) in [5.41, 5.74) is 1.01. The molecule has 1 atom stereocenters. The lowest BCUT2D eigenvalue weighted by Crippen LogP contribution is -2.23. The average Bonchev–Trinajstić information content (AvgIpc) is 2.56. The number of nitrogens with zero attached hydrogens (tertiary/aromatic N) is 1. The van der Waals surface area contributed by atoms with Gasteiger partial charge in [-0.15, -0.1) is 0 Å². The van der Waals surface area contributed by atoms with Gasteiger partial charge in [0.2, 0.25) is 0 Å². The summed E-state index contributed by atoms with van der Waals surface area (Å²) in [5, 5.41) is 4.17. The van der Waals surface area contributed by atoms with Crippen LogP contribution in [-0.2, 0) is 0 Å². The monoisotopic (exact) mass is 236 g/mol. The Hall–Kier alpha value is -0.860. The van der Waals surface area contributed by atoms with Gasteiger partial charge in [0.15, 0.2) is 0 Å². The third-order valence-corrected chi connectivity index (χ3v) is 3.19. The lowest BCUT2D eigenvalue weighted by Gasteiger charge is -2.08. The highest BCUT2D eigenvalue weighted by molar-refractivity contribution is 6.33. The van der Waals surface area contributed by atoms with Gasteiger partial charge in [-0.05, 0) is 25.5 Å². The van der Waals surface area contributed by atoms with E-state index >= 15 is 0 Å². The fraction of sp³-hybridized carbons (Fsp3) is 0.462. The van der Waals surface area contributed by atoms with E-state index in [0.717, 1.165) is 23.7 Å². The predicted octanol–water partition coefficient (Wildman–Crippen LogP) is 2.90. The molecule has 3 heteroatoms. The van der Waals surface area contributed by atoms with Crippen LogP contribution < -0.4 is 5.32 Å². The lowest BCUT2D eigenvalue weighted by molar-refractivity contribution is 0.605. The average molecular weight is 237 g/mol. The Morgan fingerprint density at radius 1 is 1.31 bits per heavy atom. The zero-order chi connectivity index (χ0) is 11.2. The zero-order valence-corrected chi connectivity index (χ0v) is 10.1. The summed E-state index contributed by atoms with van der Waals surface area (Å²) >= 11 is 6.07. The molecule has 1 saturated heterocycles. The molecule has 0 spiro atoms. The Bertz CT molecular complexity index is 355. The summed E-state index contributed by atoms with van der Waals surface area (Å²) in [6.07, 6.45) is 5.60. The van der Waals surface area contributed by atoms with Crippen LogP contribution in [-0.4, -0.2) is 25.3 Å². The molecule has 1 N–H and O–H groups in total. The molecule has 0 aliphatic carbocycles. The van der Waals surface area contributed by atoms with E-state index in [1.165, 1.54) is 19.3 Å². The SMILES string of the molecule is Clc1ccccc1C=N[C@@H]1CCCCNC1. The molecule has 1 aliphatic heterocycles. The van der Waals surface area contributed by atoms with Crippen molar-refractivity contribution in [2.75, 3.05) is 13.1 Å². The third-order valence-electron chi connectivity index (χ3n) is 2.85. The van der Waals surface area contributed by atoms with Crippen molar-refractivity contribution in [2.24, 2.45) is 4.99 Å². The summed E-state index contributed by atoms with van der Waals surface area (Å²) < 4.78 is 0. The maximum atomic E-state index is 6.07. The van der Waals surface area contributed by atoms with Crippen molar-refractivity contribution in [1.29, 1.82) is 0 Å². The Kier molecular flexibility index (Phi) is 4.37.